The van der Waals surface area contributed by atoms with Gasteiger partial charge >= 0.3 is 10.4 Å². The fraction of sp³-hybridized carbons (Fsp3) is 0.214. The molecule has 0 spiro atoms. The summed E-state index contributed by atoms with van der Waals surface area (Å²) < 4.78 is 34.9. The number of aryl methyl sites for hydroxylation is 1. The molecule has 1 aromatic carbocycles. The number of benzene rings is 1. The van der Waals surface area contributed by atoms with E-state index in [-0.39, 0.29) is 0 Å². The monoisotopic (exact) mass is 324 g/mol. The number of aromatic amines is 1. The van der Waals surface area contributed by atoms with E-state index in [9.17, 15) is 8.42 Å². The molecule has 2 aromatic heterocycles. The van der Waals surface area contributed by atoms with Gasteiger partial charge in [-0.05, 0) is 25.1 Å². The van der Waals surface area contributed by atoms with E-state index in [1.807, 2.05) is 31.3 Å². The summed E-state index contributed by atoms with van der Waals surface area (Å²) in [7, 11) is -1.61. The lowest BCUT2D eigenvalue weighted by Gasteiger charge is -1.98. The number of aromatic nitrogens is 2. The average molecular weight is 324 g/mol. The topological polar surface area (TPSA) is 102 Å². The van der Waals surface area contributed by atoms with E-state index in [1.54, 1.807) is 7.11 Å². The molecule has 7 nitrogen and oxygen atoms in total. The second kappa shape index (κ2) is 6.30. The van der Waals surface area contributed by atoms with Crippen LogP contribution in [0.4, 0.5) is 0 Å². The van der Waals surface area contributed by atoms with E-state index in [0.717, 1.165) is 29.6 Å². The molecule has 0 saturated heterocycles. The molecule has 118 valence electrons. The Bertz CT molecular complexity index is 902. The van der Waals surface area contributed by atoms with Crippen molar-refractivity contribution in [1.82, 2.24) is 9.97 Å². The maximum Gasteiger partial charge on any atom is 0.397 e. The third-order valence-corrected chi connectivity index (χ3v) is 3.55. The zero-order valence-electron chi connectivity index (χ0n) is 12.3. The van der Waals surface area contributed by atoms with Gasteiger partial charge in [-0.15, -0.1) is 0 Å². The predicted octanol–water partition coefficient (Wildman–Crippen LogP) is 2.47. The van der Waals surface area contributed by atoms with Crippen molar-refractivity contribution in [3.8, 4) is 5.75 Å². The van der Waals surface area contributed by atoms with Crippen molar-refractivity contribution in [2.24, 2.45) is 0 Å². The highest BCUT2D eigenvalue weighted by Gasteiger charge is 2.06. The van der Waals surface area contributed by atoms with Gasteiger partial charge < -0.3 is 9.72 Å². The van der Waals surface area contributed by atoms with Crippen LogP contribution in [0.1, 0.15) is 5.69 Å². The van der Waals surface area contributed by atoms with Crippen molar-refractivity contribution < 1.29 is 21.9 Å². The maximum atomic E-state index is 9.33. The van der Waals surface area contributed by atoms with Crippen LogP contribution in [0.25, 0.3) is 21.8 Å². The van der Waals surface area contributed by atoms with Crippen LogP contribution in [0, 0.1) is 6.92 Å². The maximum absolute atomic E-state index is 9.33. The van der Waals surface area contributed by atoms with Crippen molar-refractivity contribution in [3.63, 3.8) is 0 Å². The lowest BCUT2D eigenvalue weighted by Crippen LogP contribution is -1.96. The van der Waals surface area contributed by atoms with Crippen molar-refractivity contribution in [2.75, 3.05) is 14.2 Å². The Morgan fingerprint density at radius 1 is 1.18 bits per heavy atom. The molecule has 8 heteroatoms. The van der Waals surface area contributed by atoms with E-state index in [1.165, 1.54) is 10.8 Å². The summed E-state index contributed by atoms with van der Waals surface area (Å²) in [6.07, 6.45) is 1.84. The van der Waals surface area contributed by atoms with Crippen LogP contribution >= 0.6 is 0 Å². The van der Waals surface area contributed by atoms with Crippen LogP contribution in [0.5, 0.6) is 5.75 Å². The second-order valence-electron chi connectivity index (χ2n) is 4.45. The molecular formula is C14H16N2O5S. The van der Waals surface area contributed by atoms with Gasteiger partial charge in [0.2, 0.25) is 0 Å². The van der Waals surface area contributed by atoms with Gasteiger partial charge in [0.25, 0.3) is 0 Å². The summed E-state index contributed by atoms with van der Waals surface area (Å²) in [4.78, 5) is 7.66. The molecule has 0 aliphatic heterocycles. The zero-order valence-corrected chi connectivity index (χ0v) is 13.1. The first-order valence-corrected chi connectivity index (χ1v) is 7.66. The number of fused-ring (bicyclic) bond motifs is 3. The summed E-state index contributed by atoms with van der Waals surface area (Å²) in [6, 6.07) is 8.10. The molecule has 0 amide bonds. The van der Waals surface area contributed by atoms with Crippen molar-refractivity contribution in [1.29, 1.82) is 0 Å². The Morgan fingerprint density at radius 3 is 2.45 bits per heavy atom. The molecule has 3 rings (SSSR count). The van der Waals surface area contributed by atoms with Crippen molar-refractivity contribution in [2.45, 2.75) is 6.92 Å². The fourth-order valence-electron chi connectivity index (χ4n) is 2.07. The largest absolute Gasteiger partial charge is 0.497 e. The van der Waals surface area contributed by atoms with Gasteiger partial charge in [-0.3, -0.25) is 13.7 Å². The number of ether oxygens (including phenoxy) is 1. The van der Waals surface area contributed by atoms with Crippen LogP contribution in [-0.2, 0) is 14.6 Å². The van der Waals surface area contributed by atoms with Gasteiger partial charge in [0.05, 0.1) is 30.9 Å². The summed E-state index contributed by atoms with van der Waals surface area (Å²) in [6.45, 7) is 2.01. The number of nitrogens with zero attached hydrogens (tertiary/aromatic N) is 1. The number of H-pyrrole nitrogens is 1. The molecule has 0 bridgehead atoms. The first-order chi connectivity index (χ1) is 10.4. The highest BCUT2D eigenvalue weighted by Crippen LogP contribution is 2.28. The summed E-state index contributed by atoms with van der Waals surface area (Å²) >= 11 is 0. The third kappa shape index (κ3) is 3.53. The van der Waals surface area contributed by atoms with Crippen LogP contribution in [-0.4, -0.2) is 37.2 Å². The molecule has 0 saturated carbocycles. The smallest absolute Gasteiger partial charge is 0.397 e. The fourth-order valence-corrected chi connectivity index (χ4v) is 2.07. The van der Waals surface area contributed by atoms with E-state index in [0.29, 0.717) is 0 Å². The second-order valence-corrected chi connectivity index (χ2v) is 5.64. The molecule has 2 heterocycles. The summed E-state index contributed by atoms with van der Waals surface area (Å²) in [5.41, 5.74) is 3.21. The van der Waals surface area contributed by atoms with E-state index in [2.05, 4.69) is 20.2 Å². The molecule has 0 aliphatic rings. The van der Waals surface area contributed by atoms with Gasteiger partial charge in [-0.2, -0.15) is 8.42 Å². The minimum atomic E-state index is -4.16. The Morgan fingerprint density at radius 2 is 1.86 bits per heavy atom. The van der Waals surface area contributed by atoms with Crippen LogP contribution in [0.3, 0.4) is 0 Å². The quantitative estimate of drug-likeness (QED) is 0.702. The Labute approximate surface area is 127 Å². The molecule has 22 heavy (non-hydrogen) atoms. The predicted molar refractivity (Wildman–Crippen MR) is 83.4 cm³/mol. The molecule has 3 aromatic rings. The third-order valence-electron chi connectivity index (χ3n) is 3.13. The molecule has 0 unspecified atom stereocenters. The highest BCUT2D eigenvalue weighted by atomic mass is 32.3. The number of pyridine rings is 1. The van der Waals surface area contributed by atoms with Gasteiger partial charge in [0.15, 0.2) is 0 Å². The van der Waals surface area contributed by atoms with Gasteiger partial charge in [0, 0.05) is 23.0 Å². The number of nitrogens with one attached hydrogen (secondary N) is 1. The normalized spacial score (nSPS) is 11.3. The first-order valence-electron chi connectivity index (χ1n) is 6.30. The van der Waals surface area contributed by atoms with Gasteiger partial charge in [0.1, 0.15) is 5.75 Å². The first kappa shape index (κ1) is 16.2. The SMILES string of the molecule is COS(=O)(=O)O.COc1ccc2c(c1)[nH]c1c(C)nccc12. The van der Waals surface area contributed by atoms with Crippen LogP contribution in [0.2, 0.25) is 0 Å². The number of rotatable bonds is 2. The lowest BCUT2D eigenvalue weighted by atomic mass is 10.1. The Kier molecular flexibility index (Phi) is 4.65. The van der Waals surface area contributed by atoms with E-state index >= 15 is 0 Å². The molecule has 0 radical (unpaired) electrons. The summed E-state index contributed by atoms with van der Waals surface area (Å²) in [5.74, 6) is 0.865. The number of methoxy groups -OCH3 is 1. The minimum absolute atomic E-state index is 0.865. The highest BCUT2D eigenvalue weighted by molar-refractivity contribution is 7.80. The van der Waals surface area contributed by atoms with Crippen LogP contribution < -0.4 is 4.74 Å². The lowest BCUT2D eigenvalue weighted by molar-refractivity contribution is 0.324. The van der Waals surface area contributed by atoms with Crippen molar-refractivity contribution in [3.05, 3.63) is 36.2 Å². The summed E-state index contributed by atoms with van der Waals surface area (Å²) in [5, 5.41) is 2.42. The van der Waals surface area contributed by atoms with E-state index < -0.39 is 10.4 Å². The number of hydrogen-bond donors (Lipinski definition) is 2. The molecule has 0 fully saturated rings. The molecule has 0 aliphatic carbocycles. The molecule has 0 atom stereocenters. The standard InChI is InChI=1S/C13H12N2O.CH4O4S/c1-8-13-11(5-6-14-8)10-4-3-9(16-2)7-12(10)15-13;1-5-6(2,3)4/h3-7,15H,1-2H3;1H3,(H,2,3,4). The van der Waals surface area contributed by atoms with Gasteiger partial charge in [-0.1, -0.05) is 0 Å². The van der Waals surface area contributed by atoms with Gasteiger partial charge in [-0.25, -0.2) is 0 Å². The minimum Gasteiger partial charge on any atom is -0.497 e. The van der Waals surface area contributed by atoms with E-state index in [4.69, 9.17) is 9.29 Å². The molecule has 2 N–H and O–H groups in total. The van der Waals surface area contributed by atoms with Crippen molar-refractivity contribution >= 4 is 32.2 Å². The zero-order chi connectivity index (χ0) is 16.3. The van der Waals surface area contributed by atoms with Crippen LogP contribution in [0.15, 0.2) is 30.5 Å². The number of hydrogen-bond acceptors (Lipinski definition) is 5. The molecular weight excluding hydrogens is 308 g/mol. The average Bonchev–Trinajstić information content (AvgIpc) is 2.86. The Balaban J connectivity index is 0.000000254. The Hall–Kier alpha value is -2.16.